The van der Waals surface area contributed by atoms with Crippen molar-refractivity contribution in [3.63, 3.8) is 0 Å². The number of benzene rings is 2. The first-order valence-corrected chi connectivity index (χ1v) is 7.88. The Balaban J connectivity index is 1.68. The number of nitrogens with one attached hydrogen (secondary N) is 1. The number of rotatable bonds is 3. The maximum Gasteiger partial charge on any atom is 0.244 e. The van der Waals surface area contributed by atoms with Crippen LogP contribution in [0.5, 0.6) is 0 Å². The van der Waals surface area contributed by atoms with E-state index in [9.17, 15) is 4.79 Å². The summed E-state index contributed by atoms with van der Waals surface area (Å²) in [5.41, 5.74) is 1.06. The fourth-order valence-electron chi connectivity index (χ4n) is 3.25. The average molecular weight is 280 g/mol. The molecular weight excluding hydrogens is 260 g/mol. The van der Waals surface area contributed by atoms with Gasteiger partial charge in [-0.15, -0.1) is 0 Å². The molecule has 3 nitrogen and oxygen atoms in total. The van der Waals surface area contributed by atoms with E-state index in [1.807, 2.05) is 23.1 Å². The summed E-state index contributed by atoms with van der Waals surface area (Å²) in [5, 5.41) is 5.86. The van der Waals surface area contributed by atoms with Gasteiger partial charge in [0.05, 0.1) is 11.7 Å². The molecule has 21 heavy (non-hydrogen) atoms. The van der Waals surface area contributed by atoms with Gasteiger partial charge in [-0.2, -0.15) is 0 Å². The summed E-state index contributed by atoms with van der Waals surface area (Å²) in [6.45, 7) is 0.829. The van der Waals surface area contributed by atoms with E-state index in [1.165, 1.54) is 23.6 Å². The van der Waals surface area contributed by atoms with Gasteiger partial charge in [0.1, 0.15) is 0 Å². The van der Waals surface area contributed by atoms with Crippen molar-refractivity contribution < 1.29 is 4.79 Å². The highest BCUT2D eigenvalue weighted by Gasteiger charge is 2.34. The van der Waals surface area contributed by atoms with Crippen molar-refractivity contribution in [3.8, 4) is 0 Å². The third kappa shape index (κ3) is 2.42. The number of nitrogens with zero attached hydrogens (tertiary/aromatic N) is 1. The van der Waals surface area contributed by atoms with Crippen LogP contribution in [0.25, 0.3) is 10.8 Å². The maximum absolute atomic E-state index is 12.8. The lowest BCUT2D eigenvalue weighted by Gasteiger charge is -2.33. The molecule has 4 rings (SSSR count). The molecule has 1 heterocycles. The molecule has 1 saturated carbocycles. The number of carbonyl (C=O) groups is 1. The molecule has 1 aliphatic heterocycles. The molecule has 2 aliphatic rings. The zero-order valence-corrected chi connectivity index (χ0v) is 12.1. The third-order valence-electron chi connectivity index (χ3n) is 4.51. The molecule has 0 spiro atoms. The van der Waals surface area contributed by atoms with E-state index in [1.54, 1.807) is 0 Å². The summed E-state index contributed by atoms with van der Waals surface area (Å²) < 4.78 is 0. The lowest BCUT2D eigenvalue weighted by Crippen LogP contribution is -2.51. The van der Waals surface area contributed by atoms with Crippen molar-refractivity contribution in [1.82, 2.24) is 5.32 Å². The highest BCUT2D eigenvalue weighted by atomic mass is 16.2. The van der Waals surface area contributed by atoms with Crippen LogP contribution in [-0.2, 0) is 4.79 Å². The molecule has 1 amide bonds. The summed E-state index contributed by atoms with van der Waals surface area (Å²) >= 11 is 0. The standard InChI is InChI=1S/C18H20N2O/c21-18-16(19-14-10-11-14)8-4-12-20(18)17-9-3-6-13-5-1-2-7-15(13)17/h1-3,5-7,9,14,16,19H,4,8,10-12H2. The lowest BCUT2D eigenvalue weighted by atomic mass is 10.0. The molecule has 1 unspecified atom stereocenters. The fraction of sp³-hybridized carbons (Fsp3) is 0.389. The molecule has 3 heteroatoms. The largest absolute Gasteiger partial charge is 0.310 e. The van der Waals surface area contributed by atoms with Crippen LogP contribution >= 0.6 is 0 Å². The first-order chi connectivity index (χ1) is 10.3. The monoisotopic (exact) mass is 280 g/mol. The second kappa shape index (κ2) is 5.15. The summed E-state index contributed by atoms with van der Waals surface area (Å²) in [6.07, 6.45) is 4.48. The van der Waals surface area contributed by atoms with E-state index in [-0.39, 0.29) is 11.9 Å². The molecule has 2 fully saturated rings. The van der Waals surface area contributed by atoms with Gasteiger partial charge in [0.2, 0.25) is 5.91 Å². The Kier molecular flexibility index (Phi) is 3.15. The normalized spacial score (nSPS) is 22.8. The summed E-state index contributed by atoms with van der Waals surface area (Å²) in [6, 6.07) is 15.1. The molecule has 1 aliphatic carbocycles. The van der Waals surface area contributed by atoms with Crippen molar-refractivity contribution in [1.29, 1.82) is 0 Å². The first kappa shape index (κ1) is 12.8. The van der Waals surface area contributed by atoms with Gasteiger partial charge in [-0.3, -0.25) is 4.79 Å². The van der Waals surface area contributed by atoms with Gasteiger partial charge in [0.15, 0.2) is 0 Å². The van der Waals surface area contributed by atoms with Crippen LogP contribution in [0, 0.1) is 0 Å². The summed E-state index contributed by atoms with van der Waals surface area (Å²) in [4.78, 5) is 14.8. The van der Waals surface area contributed by atoms with Crippen LogP contribution in [0.3, 0.4) is 0 Å². The van der Waals surface area contributed by atoms with Gasteiger partial charge in [-0.05, 0) is 37.1 Å². The van der Waals surface area contributed by atoms with Gasteiger partial charge in [-0.25, -0.2) is 0 Å². The van der Waals surface area contributed by atoms with E-state index in [0.29, 0.717) is 6.04 Å². The number of anilines is 1. The van der Waals surface area contributed by atoms with Gasteiger partial charge >= 0.3 is 0 Å². The molecule has 0 radical (unpaired) electrons. The Hall–Kier alpha value is -1.87. The molecule has 0 aromatic heterocycles. The van der Waals surface area contributed by atoms with Gasteiger partial charge < -0.3 is 10.2 Å². The molecule has 1 N–H and O–H groups in total. The third-order valence-corrected chi connectivity index (χ3v) is 4.51. The average Bonchev–Trinajstić information content (AvgIpc) is 3.33. The maximum atomic E-state index is 12.8. The molecule has 1 saturated heterocycles. The summed E-state index contributed by atoms with van der Waals surface area (Å²) in [5.74, 6) is 0.240. The topological polar surface area (TPSA) is 32.3 Å². The SMILES string of the molecule is O=C1C(NC2CC2)CCCN1c1cccc2ccccc12. The highest BCUT2D eigenvalue weighted by Crippen LogP contribution is 2.30. The quantitative estimate of drug-likeness (QED) is 0.937. The van der Waals surface area contributed by atoms with Gasteiger partial charge in [-0.1, -0.05) is 36.4 Å². The highest BCUT2D eigenvalue weighted by molar-refractivity contribution is 6.05. The number of amides is 1. The molecule has 2 aromatic carbocycles. The van der Waals surface area contributed by atoms with Crippen LogP contribution in [0.2, 0.25) is 0 Å². The van der Waals surface area contributed by atoms with Crippen molar-refractivity contribution in [2.75, 3.05) is 11.4 Å². The van der Waals surface area contributed by atoms with Crippen LogP contribution < -0.4 is 10.2 Å². The number of fused-ring (bicyclic) bond motifs is 1. The van der Waals surface area contributed by atoms with Crippen LogP contribution in [0.4, 0.5) is 5.69 Å². The Labute approximate surface area is 124 Å². The van der Waals surface area contributed by atoms with Crippen LogP contribution in [0.15, 0.2) is 42.5 Å². The number of hydrogen-bond acceptors (Lipinski definition) is 2. The predicted octanol–water partition coefficient (Wildman–Crippen LogP) is 3.09. The second-order valence-electron chi connectivity index (χ2n) is 6.12. The van der Waals surface area contributed by atoms with E-state index >= 15 is 0 Å². The first-order valence-electron chi connectivity index (χ1n) is 7.88. The second-order valence-corrected chi connectivity index (χ2v) is 6.12. The molecule has 0 bridgehead atoms. The van der Waals surface area contributed by atoms with Crippen LogP contribution in [-0.4, -0.2) is 24.5 Å². The van der Waals surface area contributed by atoms with Crippen molar-refractivity contribution in [2.45, 2.75) is 37.8 Å². The predicted molar refractivity (Wildman–Crippen MR) is 85.5 cm³/mol. The minimum absolute atomic E-state index is 0.00483. The number of piperidine rings is 1. The number of carbonyl (C=O) groups excluding carboxylic acids is 1. The van der Waals surface area contributed by atoms with Gasteiger partial charge in [0.25, 0.3) is 0 Å². The minimum atomic E-state index is 0.00483. The van der Waals surface area contributed by atoms with Gasteiger partial charge in [0, 0.05) is 18.0 Å². The minimum Gasteiger partial charge on any atom is -0.310 e. The molecule has 108 valence electrons. The Morgan fingerprint density at radius 1 is 1.00 bits per heavy atom. The van der Waals surface area contributed by atoms with Crippen molar-refractivity contribution >= 4 is 22.4 Å². The Morgan fingerprint density at radius 2 is 1.81 bits per heavy atom. The Morgan fingerprint density at radius 3 is 2.67 bits per heavy atom. The van der Waals surface area contributed by atoms with E-state index in [0.717, 1.165) is 25.1 Å². The zero-order valence-electron chi connectivity index (χ0n) is 12.1. The summed E-state index contributed by atoms with van der Waals surface area (Å²) in [7, 11) is 0. The van der Waals surface area contributed by atoms with E-state index in [2.05, 4.69) is 29.6 Å². The van der Waals surface area contributed by atoms with E-state index < -0.39 is 0 Å². The van der Waals surface area contributed by atoms with E-state index in [4.69, 9.17) is 0 Å². The fourth-order valence-corrected chi connectivity index (χ4v) is 3.25. The molecular formula is C18H20N2O. The van der Waals surface area contributed by atoms with Crippen molar-refractivity contribution in [2.24, 2.45) is 0 Å². The smallest absolute Gasteiger partial charge is 0.244 e. The van der Waals surface area contributed by atoms with Crippen LogP contribution in [0.1, 0.15) is 25.7 Å². The number of hydrogen-bond donors (Lipinski definition) is 1. The zero-order chi connectivity index (χ0) is 14.2. The van der Waals surface area contributed by atoms with Crippen molar-refractivity contribution in [3.05, 3.63) is 42.5 Å². The molecule has 2 aromatic rings. The molecule has 1 atom stereocenters. The Bertz CT molecular complexity index is 672. The lowest BCUT2D eigenvalue weighted by molar-refractivity contribution is -0.121.